The maximum atomic E-state index is 12.8. The fourth-order valence-electron chi connectivity index (χ4n) is 5.76. The van der Waals surface area contributed by atoms with E-state index in [9.17, 15) is 19.5 Å². The minimum atomic E-state index is -0.948. The average molecular weight is 495 g/mol. The van der Waals surface area contributed by atoms with Crippen LogP contribution in [0.1, 0.15) is 49.7 Å². The van der Waals surface area contributed by atoms with Gasteiger partial charge in [-0.05, 0) is 54.4 Å². The van der Waals surface area contributed by atoms with Crippen LogP contribution in [-0.2, 0) is 14.3 Å². The number of rotatable bonds is 6. The Morgan fingerprint density at radius 2 is 1.71 bits per heavy atom. The van der Waals surface area contributed by atoms with Crippen molar-refractivity contribution in [2.75, 3.05) is 12.4 Å². The Kier molecular flexibility index (Phi) is 6.73. The molecule has 2 aliphatic carbocycles. The van der Waals surface area contributed by atoms with E-state index in [1.54, 1.807) is 0 Å². The van der Waals surface area contributed by atoms with Gasteiger partial charge in [0.25, 0.3) is 0 Å². The highest BCUT2D eigenvalue weighted by atomic mass is 32.2. The van der Waals surface area contributed by atoms with Crippen LogP contribution in [0.3, 0.4) is 0 Å². The van der Waals surface area contributed by atoms with E-state index < -0.39 is 18.1 Å². The van der Waals surface area contributed by atoms with Crippen molar-refractivity contribution in [1.29, 1.82) is 0 Å². The Hall–Kier alpha value is -3.00. The molecule has 8 heteroatoms. The predicted molar refractivity (Wildman–Crippen MR) is 134 cm³/mol. The molecule has 1 heterocycles. The van der Waals surface area contributed by atoms with Gasteiger partial charge in [0.15, 0.2) is 0 Å². The molecule has 0 aromatic heterocycles. The minimum Gasteiger partial charge on any atom is -0.480 e. The molecule has 5 rings (SSSR count). The first-order chi connectivity index (χ1) is 16.9. The van der Waals surface area contributed by atoms with E-state index >= 15 is 0 Å². The molecule has 3 aliphatic rings. The lowest BCUT2D eigenvalue weighted by Gasteiger charge is -2.26. The molecule has 1 saturated carbocycles. The number of carbonyl (C=O) groups excluding carboxylic acids is 2. The average Bonchev–Trinajstić information content (AvgIpc) is 3.53. The van der Waals surface area contributed by atoms with Crippen LogP contribution in [0.2, 0.25) is 0 Å². The molecule has 2 aromatic carbocycles. The van der Waals surface area contributed by atoms with Crippen molar-refractivity contribution >= 4 is 29.7 Å². The second-order valence-corrected chi connectivity index (χ2v) is 11.0. The molecule has 0 radical (unpaired) electrons. The topological polar surface area (TPSA) is 95.9 Å². The van der Waals surface area contributed by atoms with Gasteiger partial charge in [0.2, 0.25) is 5.91 Å². The smallest absolute Gasteiger partial charge is 0.407 e. The highest BCUT2D eigenvalue weighted by Gasteiger charge is 2.40. The summed E-state index contributed by atoms with van der Waals surface area (Å²) < 4.78 is 5.66. The largest absolute Gasteiger partial charge is 0.480 e. The van der Waals surface area contributed by atoms with E-state index in [0.717, 1.165) is 12.8 Å². The third kappa shape index (κ3) is 4.76. The standard InChI is InChI=1S/C27H30N2O5S/c1-16-29(24(15-35-16)26(31)32)25(30)13-17-10-11-18(12-17)28-27(33)34-14-23-21-8-4-2-6-19(21)20-7-3-5-9-22(20)23/h2-9,16-18,23-24H,10-15H2,1H3,(H,28,33)(H,31,32). The molecule has 2 fully saturated rings. The number of hydrogen-bond donors (Lipinski definition) is 2. The van der Waals surface area contributed by atoms with Crippen molar-refractivity contribution < 1.29 is 24.2 Å². The number of thioether (sulfide) groups is 1. The van der Waals surface area contributed by atoms with Gasteiger partial charge >= 0.3 is 12.1 Å². The fourth-order valence-corrected chi connectivity index (χ4v) is 6.95. The zero-order valence-corrected chi connectivity index (χ0v) is 20.5. The fraction of sp³-hybridized carbons (Fsp3) is 0.444. The van der Waals surface area contributed by atoms with Crippen molar-refractivity contribution in [3.63, 3.8) is 0 Å². The van der Waals surface area contributed by atoms with E-state index in [-0.39, 0.29) is 35.8 Å². The number of amides is 2. The molecule has 7 nitrogen and oxygen atoms in total. The normalized spacial score (nSPS) is 25.2. The number of carboxylic acids is 1. The van der Waals surface area contributed by atoms with Gasteiger partial charge in [-0.25, -0.2) is 9.59 Å². The van der Waals surface area contributed by atoms with E-state index in [2.05, 4.69) is 29.6 Å². The molecule has 4 unspecified atom stereocenters. The highest BCUT2D eigenvalue weighted by molar-refractivity contribution is 8.00. The summed E-state index contributed by atoms with van der Waals surface area (Å²) in [6, 6.07) is 15.7. The third-order valence-corrected chi connectivity index (χ3v) is 8.68. The summed E-state index contributed by atoms with van der Waals surface area (Å²) in [5, 5.41) is 12.3. The lowest BCUT2D eigenvalue weighted by atomic mass is 9.98. The second kappa shape index (κ2) is 9.93. The Morgan fingerprint density at radius 1 is 1.06 bits per heavy atom. The van der Waals surface area contributed by atoms with Crippen LogP contribution in [0.25, 0.3) is 11.1 Å². The van der Waals surface area contributed by atoms with Gasteiger partial charge in [-0.1, -0.05) is 48.5 Å². The molecular weight excluding hydrogens is 464 g/mol. The molecule has 4 atom stereocenters. The van der Waals surface area contributed by atoms with Crippen molar-refractivity contribution in [2.45, 2.75) is 56.0 Å². The van der Waals surface area contributed by atoms with Crippen LogP contribution in [0.4, 0.5) is 4.79 Å². The molecule has 1 aliphatic heterocycles. The molecule has 184 valence electrons. The highest BCUT2D eigenvalue weighted by Crippen LogP contribution is 2.44. The zero-order valence-electron chi connectivity index (χ0n) is 19.7. The number of ether oxygens (including phenoxy) is 1. The number of hydrogen-bond acceptors (Lipinski definition) is 5. The molecule has 1 saturated heterocycles. The lowest BCUT2D eigenvalue weighted by molar-refractivity contribution is -0.149. The first-order valence-electron chi connectivity index (χ1n) is 12.2. The minimum absolute atomic E-state index is 0.0181. The maximum absolute atomic E-state index is 12.8. The van der Waals surface area contributed by atoms with Gasteiger partial charge in [0.1, 0.15) is 12.6 Å². The summed E-state index contributed by atoms with van der Waals surface area (Å²) >= 11 is 1.50. The van der Waals surface area contributed by atoms with Gasteiger partial charge in [-0.3, -0.25) is 4.79 Å². The van der Waals surface area contributed by atoms with Crippen LogP contribution in [0.5, 0.6) is 0 Å². The third-order valence-electron chi connectivity index (χ3n) is 7.47. The molecule has 0 bridgehead atoms. The Labute approximate surface area is 209 Å². The number of fused-ring (bicyclic) bond motifs is 3. The number of nitrogens with one attached hydrogen (secondary N) is 1. The summed E-state index contributed by atoms with van der Waals surface area (Å²) in [5.74, 6) is -0.477. The SMILES string of the molecule is CC1SCC(C(=O)O)N1C(=O)CC1CCC(NC(=O)OCC2c3ccccc3-c3ccccc32)C1. The lowest BCUT2D eigenvalue weighted by Crippen LogP contribution is -2.45. The first kappa shape index (κ1) is 23.7. The summed E-state index contributed by atoms with van der Waals surface area (Å²) in [5.41, 5.74) is 4.73. The number of carbonyl (C=O) groups is 3. The Balaban J connectivity index is 1.13. The second-order valence-electron chi connectivity index (χ2n) is 9.64. The number of benzene rings is 2. The first-order valence-corrected chi connectivity index (χ1v) is 13.2. The quantitative estimate of drug-likeness (QED) is 0.616. The van der Waals surface area contributed by atoms with Crippen molar-refractivity contribution in [1.82, 2.24) is 10.2 Å². The summed E-state index contributed by atoms with van der Waals surface area (Å²) in [6.45, 7) is 2.15. The number of aliphatic carboxylic acids is 1. The number of alkyl carbamates (subject to hydrolysis) is 1. The van der Waals surface area contributed by atoms with Crippen LogP contribution >= 0.6 is 11.8 Å². The van der Waals surface area contributed by atoms with Crippen LogP contribution < -0.4 is 5.32 Å². The monoisotopic (exact) mass is 494 g/mol. The number of carboxylic acid groups (broad SMARTS) is 1. The van der Waals surface area contributed by atoms with E-state index in [4.69, 9.17) is 4.74 Å². The van der Waals surface area contributed by atoms with Crippen LogP contribution in [0.15, 0.2) is 48.5 Å². The van der Waals surface area contributed by atoms with Crippen molar-refractivity contribution in [2.24, 2.45) is 5.92 Å². The Morgan fingerprint density at radius 3 is 2.37 bits per heavy atom. The summed E-state index contributed by atoms with van der Waals surface area (Å²) in [4.78, 5) is 38.5. The summed E-state index contributed by atoms with van der Waals surface area (Å²) in [7, 11) is 0. The molecular formula is C27H30N2O5S. The maximum Gasteiger partial charge on any atom is 0.407 e. The van der Waals surface area contributed by atoms with E-state index in [0.29, 0.717) is 18.6 Å². The van der Waals surface area contributed by atoms with Crippen molar-refractivity contribution in [3.05, 3.63) is 59.7 Å². The predicted octanol–water partition coefficient (Wildman–Crippen LogP) is 4.46. The van der Waals surface area contributed by atoms with Gasteiger partial charge < -0.3 is 20.1 Å². The zero-order chi connectivity index (χ0) is 24.5. The number of nitrogens with zero attached hydrogens (tertiary/aromatic N) is 1. The Bertz CT molecular complexity index is 1090. The van der Waals surface area contributed by atoms with Gasteiger partial charge in [0.05, 0.1) is 5.37 Å². The molecule has 2 aromatic rings. The van der Waals surface area contributed by atoms with Crippen LogP contribution in [0, 0.1) is 5.92 Å². The van der Waals surface area contributed by atoms with Crippen LogP contribution in [-0.4, -0.2) is 57.8 Å². The van der Waals surface area contributed by atoms with Gasteiger partial charge in [0, 0.05) is 24.1 Å². The molecule has 35 heavy (non-hydrogen) atoms. The molecule has 2 N–H and O–H groups in total. The summed E-state index contributed by atoms with van der Waals surface area (Å²) in [6.07, 6.45) is 2.20. The van der Waals surface area contributed by atoms with E-state index in [1.807, 2.05) is 31.2 Å². The molecule has 2 amide bonds. The van der Waals surface area contributed by atoms with E-state index in [1.165, 1.54) is 38.9 Å². The van der Waals surface area contributed by atoms with Gasteiger partial charge in [-0.15, -0.1) is 11.8 Å². The van der Waals surface area contributed by atoms with Crippen molar-refractivity contribution in [3.8, 4) is 11.1 Å². The van der Waals surface area contributed by atoms with Gasteiger partial charge in [-0.2, -0.15) is 0 Å². The molecule has 0 spiro atoms.